The highest BCUT2D eigenvalue weighted by molar-refractivity contribution is 5.83. The molecule has 0 amide bonds. The van der Waals surface area contributed by atoms with Gasteiger partial charge in [-0.2, -0.15) is 13.2 Å². The molecule has 0 radical (unpaired) electrons. The van der Waals surface area contributed by atoms with Crippen LogP contribution in [0.3, 0.4) is 0 Å². The summed E-state index contributed by atoms with van der Waals surface area (Å²) >= 11 is 0. The third-order valence-electron chi connectivity index (χ3n) is 5.56. The number of halogens is 3. The summed E-state index contributed by atoms with van der Waals surface area (Å²) in [6, 6.07) is 4.68. The number of fused-ring (bicyclic) bond motifs is 1. The molecule has 1 aromatic carbocycles. The monoisotopic (exact) mass is 432 g/mol. The van der Waals surface area contributed by atoms with Gasteiger partial charge in [0.05, 0.1) is 11.6 Å². The lowest BCUT2D eigenvalue weighted by atomic mass is 10.0. The molecular formula is C21H23F3N6O. The van der Waals surface area contributed by atoms with E-state index in [1.807, 2.05) is 4.90 Å². The van der Waals surface area contributed by atoms with E-state index in [9.17, 15) is 18.0 Å². The molecule has 0 saturated carbocycles. The van der Waals surface area contributed by atoms with Crippen molar-refractivity contribution in [3.8, 4) is 0 Å². The molecule has 0 aliphatic carbocycles. The third kappa shape index (κ3) is 4.19. The van der Waals surface area contributed by atoms with Crippen LogP contribution in [0.2, 0.25) is 0 Å². The van der Waals surface area contributed by atoms with Crippen molar-refractivity contribution in [3.05, 3.63) is 52.1 Å². The number of nitrogens with zero attached hydrogens (tertiary/aromatic N) is 5. The predicted molar refractivity (Wildman–Crippen MR) is 112 cm³/mol. The first-order valence-corrected chi connectivity index (χ1v) is 10.2. The fraction of sp³-hybridized carbons (Fsp3) is 0.429. The Hall–Kier alpha value is -3.17. The van der Waals surface area contributed by atoms with Crippen LogP contribution in [0.1, 0.15) is 43.4 Å². The molecule has 0 unspecified atom stereocenters. The molecule has 3 heterocycles. The molecule has 0 spiro atoms. The second-order valence-electron chi connectivity index (χ2n) is 7.73. The van der Waals surface area contributed by atoms with Crippen molar-refractivity contribution in [1.82, 2.24) is 19.5 Å². The van der Waals surface area contributed by atoms with Crippen LogP contribution in [0.4, 0.5) is 24.8 Å². The Morgan fingerprint density at radius 1 is 1.13 bits per heavy atom. The van der Waals surface area contributed by atoms with E-state index in [0.717, 1.165) is 44.5 Å². The molecule has 164 valence electrons. The van der Waals surface area contributed by atoms with Crippen LogP contribution in [0.15, 0.2) is 35.4 Å². The summed E-state index contributed by atoms with van der Waals surface area (Å²) in [7, 11) is 1.63. The van der Waals surface area contributed by atoms with Gasteiger partial charge in [0, 0.05) is 20.1 Å². The van der Waals surface area contributed by atoms with Crippen LogP contribution in [0.25, 0.3) is 11.2 Å². The van der Waals surface area contributed by atoms with Gasteiger partial charge in [-0.25, -0.2) is 15.0 Å². The van der Waals surface area contributed by atoms with Gasteiger partial charge < -0.3 is 10.2 Å². The largest absolute Gasteiger partial charge is 0.416 e. The first kappa shape index (κ1) is 21.1. The van der Waals surface area contributed by atoms with Crippen LogP contribution < -0.4 is 15.8 Å². The highest BCUT2D eigenvalue weighted by Gasteiger charge is 2.30. The van der Waals surface area contributed by atoms with Gasteiger partial charge >= 0.3 is 6.18 Å². The molecular weight excluding hydrogens is 409 g/mol. The average molecular weight is 432 g/mol. The van der Waals surface area contributed by atoms with Crippen LogP contribution in [-0.2, 0) is 13.2 Å². The summed E-state index contributed by atoms with van der Waals surface area (Å²) < 4.78 is 40.7. The number of benzene rings is 1. The molecule has 1 N–H and O–H groups in total. The highest BCUT2D eigenvalue weighted by atomic mass is 19.4. The van der Waals surface area contributed by atoms with Crippen molar-refractivity contribution >= 4 is 22.8 Å². The van der Waals surface area contributed by atoms with Gasteiger partial charge in [-0.15, -0.1) is 0 Å². The Labute approximate surface area is 177 Å². The molecule has 10 heteroatoms. The zero-order valence-corrected chi connectivity index (χ0v) is 17.3. The summed E-state index contributed by atoms with van der Waals surface area (Å²) in [6.45, 7) is 3.26. The molecule has 1 saturated heterocycles. The Bertz CT molecular complexity index is 1150. The van der Waals surface area contributed by atoms with Crippen molar-refractivity contribution in [2.75, 3.05) is 23.3 Å². The van der Waals surface area contributed by atoms with Gasteiger partial charge in [0.1, 0.15) is 6.33 Å². The molecule has 1 aliphatic rings. The molecule has 7 nitrogen and oxygen atoms in total. The standard InChI is InChI=1S/C21H23F3N6O/c1-13(14-7-6-8-15(11-14)21(22,23)24)27-17-16-18(26-12-25-17)29(2)20(31)19(28-16)30-9-4-3-5-10-30/h6-8,11-13H,3-5,9-10H2,1-2H3,(H,25,26,27)/t13-/m1/s1. The van der Waals surface area contributed by atoms with E-state index in [1.54, 1.807) is 20.0 Å². The number of rotatable bonds is 4. The van der Waals surface area contributed by atoms with Gasteiger partial charge in [0.2, 0.25) is 0 Å². The maximum absolute atomic E-state index is 13.1. The molecule has 1 aliphatic heterocycles. The first-order chi connectivity index (χ1) is 14.8. The third-order valence-corrected chi connectivity index (χ3v) is 5.56. The fourth-order valence-electron chi connectivity index (χ4n) is 3.81. The van der Waals surface area contributed by atoms with Gasteiger partial charge in [-0.05, 0) is 43.9 Å². The van der Waals surface area contributed by atoms with Crippen molar-refractivity contribution in [1.29, 1.82) is 0 Å². The van der Waals surface area contributed by atoms with Crippen LogP contribution >= 0.6 is 0 Å². The lowest BCUT2D eigenvalue weighted by Gasteiger charge is -2.27. The van der Waals surface area contributed by atoms with Crippen LogP contribution in [0.5, 0.6) is 0 Å². The number of piperidine rings is 1. The molecule has 3 aromatic rings. The van der Waals surface area contributed by atoms with Crippen molar-refractivity contribution in [2.45, 2.75) is 38.4 Å². The van der Waals surface area contributed by atoms with Gasteiger partial charge in [0.15, 0.2) is 22.8 Å². The molecule has 1 atom stereocenters. The van der Waals surface area contributed by atoms with Crippen molar-refractivity contribution < 1.29 is 13.2 Å². The Morgan fingerprint density at radius 3 is 2.58 bits per heavy atom. The summed E-state index contributed by atoms with van der Waals surface area (Å²) in [5.74, 6) is 0.711. The maximum Gasteiger partial charge on any atom is 0.416 e. The number of aryl methyl sites for hydroxylation is 1. The number of hydrogen-bond acceptors (Lipinski definition) is 6. The average Bonchev–Trinajstić information content (AvgIpc) is 2.76. The van der Waals surface area contributed by atoms with Gasteiger partial charge in [-0.3, -0.25) is 9.36 Å². The quantitative estimate of drug-likeness (QED) is 0.674. The molecule has 4 rings (SSSR count). The topological polar surface area (TPSA) is 75.9 Å². The lowest BCUT2D eigenvalue weighted by Crippen LogP contribution is -2.36. The number of hydrogen-bond donors (Lipinski definition) is 1. The van der Waals surface area contributed by atoms with E-state index < -0.39 is 17.8 Å². The second kappa shape index (κ2) is 8.16. The lowest BCUT2D eigenvalue weighted by molar-refractivity contribution is -0.137. The second-order valence-corrected chi connectivity index (χ2v) is 7.73. The first-order valence-electron chi connectivity index (χ1n) is 10.2. The Morgan fingerprint density at radius 2 is 1.87 bits per heavy atom. The van der Waals surface area contributed by atoms with E-state index in [2.05, 4.69) is 20.3 Å². The summed E-state index contributed by atoms with van der Waals surface area (Å²) in [5, 5.41) is 3.14. The number of nitrogens with one attached hydrogen (secondary N) is 1. The minimum absolute atomic E-state index is 0.232. The molecule has 0 bridgehead atoms. The van der Waals surface area contributed by atoms with E-state index in [1.165, 1.54) is 17.0 Å². The molecule has 31 heavy (non-hydrogen) atoms. The Kier molecular flexibility index (Phi) is 5.55. The summed E-state index contributed by atoms with van der Waals surface area (Å²) in [6.07, 6.45) is -0.00174. The maximum atomic E-state index is 13.1. The zero-order valence-electron chi connectivity index (χ0n) is 17.3. The highest BCUT2D eigenvalue weighted by Crippen LogP contribution is 2.31. The molecule has 2 aromatic heterocycles. The number of aromatic nitrogens is 4. The van der Waals surface area contributed by atoms with Gasteiger partial charge in [-0.1, -0.05) is 12.1 Å². The fourth-order valence-corrected chi connectivity index (χ4v) is 3.81. The van der Waals surface area contributed by atoms with Crippen molar-refractivity contribution in [2.24, 2.45) is 7.05 Å². The summed E-state index contributed by atoms with van der Waals surface area (Å²) in [4.78, 5) is 27.9. The van der Waals surface area contributed by atoms with Crippen LogP contribution in [-0.4, -0.2) is 32.6 Å². The zero-order chi connectivity index (χ0) is 22.2. The van der Waals surface area contributed by atoms with E-state index in [-0.39, 0.29) is 5.56 Å². The van der Waals surface area contributed by atoms with E-state index >= 15 is 0 Å². The van der Waals surface area contributed by atoms with E-state index in [4.69, 9.17) is 0 Å². The Balaban J connectivity index is 1.72. The molecule has 1 fully saturated rings. The van der Waals surface area contributed by atoms with Crippen LogP contribution in [0, 0.1) is 0 Å². The van der Waals surface area contributed by atoms with Gasteiger partial charge in [0.25, 0.3) is 5.56 Å². The van der Waals surface area contributed by atoms with Crippen molar-refractivity contribution in [3.63, 3.8) is 0 Å². The summed E-state index contributed by atoms with van der Waals surface area (Å²) in [5.41, 5.74) is 0.287. The number of alkyl halides is 3. The predicted octanol–water partition coefficient (Wildman–Crippen LogP) is 3.91. The van der Waals surface area contributed by atoms with E-state index in [0.29, 0.717) is 28.4 Å². The minimum atomic E-state index is -4.42. The smallest absolute Gasteiger partial charge is 0.362 e. The SMILES string of the molecule is C[C@@H](Nc1ncnc2c1nc(N1CCCCC1)c(=O)n2C)c1cccc(C(F)(F)F)c1. The normalized spacial score (nSPS) is 15.8. The number of anilines is 2. The minimum Gasteiger partial charge on any atom is -0.362 e.